The molecule has 0 amide bonds. The van der Waals surface area contributed by atoms with E-state index in [1.165, 1.54) is 32.1 Å². The second-order valence-electron chi connectivity index (χ2n) is 4.89. The molecule has 2 rings (SSSR count). The first-order valence-corrected chi connectivity index (χ1v) is 6.36. The second kappa shape index (κ2) is 4.83. The van der Waals surface area contributed by atoms with E-state index < -0.39 is 0 Å². The van der Waals surface area contributed by atoms with Crippen molar-refractivity contribution in [2.45, 2.75) is 46.0 Å². The predicted molar refractivity (Wildman–Crippen MR) is 66.7 cm³/mol. The van der Waals surface area contributed by atoms with Gasteiger partial charge in [-0.3, -0.25) is 0 Å². The minimum Gasteiger partial charge on any atom is -0.0879 e. The minimum absolute atomic E-state index is 0.817. The molecule has 2 aliphatic carbocycles. The summed E-state index contributed by atoms with van der Waals surface area (Å²) in [7, 11) is 0. The van der Waals surface area contributed by atoms with E-state index in [0.717, 1.165) is 11.8 Å². The van der Waals surface area contributed by atoms with Gasteiger partial charge in [0.15, 0.2) is 0 Å². The molecule has 2 atom stereocenters. The van der Waals surface area contributed by atoms with Crippen LogP contribution in [-0.2, 0) is 0 Å². The quantitative estimate of drug-likeness (QED) is 0.572. The van der Waals surface area contributed by atoms with Crippen LogP contribution in [0.3, 0.4) is 0 Å². The van der Waals surface area contributed by atoms with Crippen molar-refractivity contribution in [3.63, 3.8) is 0 Å². The van der Waals surface area contributed by atoms with Gasteiger partial charge in [0.1, 0.15) is 0 Å². The SMILES string of the molecule is CCC(C)C1CC=CC2=C1CC=CCC2. The van der Waals surface area contributed by atoms with Crippen molar-refractivity contribution < 1.29 is 0 Å². The lowest BCUT2D eigenvalue weighted by Gasteiger charge is -2.29. The summed E-state index contributed by atoms with van der Waals surface area (Å²) in [4.78, 5) is 0. The molecular weight excluding hydrogens is 180 g/mol. The maximum atomic E-state index is 2.41. The molecule has 15 heavy (non-hydrogen) atoms. The summed E-state index contributed by atoms with van der Waals surface area (Å²) in [6.07, 6.45) is 15.7. The van der Waals surface area contributed by atoms with Gasteiger partial charge < -0.3 is 0 Å². The van der Waals surface area contributed by atoms with Crippen molar-refractivity contribution in [3.05, 3.63) is 35.5 Å². The van der Waals surface area contributed by atoms with Gasteiger partial charge in [0, 0.05) is 0 Å². The largest absolute Gasteiger partial charge is 0.0879 e. The summed E-state index contributed by atoms with van der Waals surface area (Å²) in [6, 6.07) is 0. The standard InChI is InChI=1S/C15H22/c1-3-12(2)14-11-7-9-13-8-5-4-6-10-15(13)14/h4,6-7,9,12,14H,3,5,8,10-11H2,1-2H3. The Bertz CT molecular complexity index is 304. The molecule has 0 aliphatic heterocycles. The first kappa shape index (κ1) is 10.7. The molecule has 0 bridgehead atoms. The first-order chi connectivity index (χ1) is 7.33. The third-order valence-corrected chi connectivity index (χ3v) is 3.98. The van der Waals surface area contributed by atoms with Gasteiger partial charge >= 0.3 is 0 Å². The number of rotatable bonds is 2. The van der Waals surface area contributed by atoms with Crippen LogP contribution in [0, 0.1) is 11.8 Å². The number of hydrogen-bond donors (Lipinski definition) is 0. The highest BCUT2D eigenvalue weighted by Crippen LogP contribution is 2.37. The highest BCUT2D eigenvalue weighted by molar-refractivity contribution is 5.34. The molecule has 0 heteroatoms. The Labute approximate surface area is 93.8 Å². The van der Waals surface area contributed by atoms with Crippen LogP contribution >= 0.6 is 0 Å². The van der Waals surface area contributed by atoms with E-state index in [-0.39, 0.29) is 0 Å². The summed E-state index contributed by atoms with van der Waals surface area (Å²) in [5.41, 5.74) is 3.37. The Morgan fingerprint density at radius 1 is 1.33 bits per heavy atom. The van der Waals surface area contributed by atoms with Crippen molar-refractivity contribution in [3.8, 4) is 0 Å². The van der Waals surface area contributed by atoms with E-state index in [9.17, 15) is 0 Å². The van der Waals surface area contributed by atoms with Gasteiger partial charge in [0.25, 0.3) is 0 Å². The zero-order valence-corrected chi connectivity index (χ0v) is 10.00. The molecule has 0 aromatic carbocycles. The Hall–Kier alpha value is -0.780. The fraction of sp³-hybridized carbons (Fsp3) is 0.600. The van der Waals surface area contributed by atoms with Crippen molar-refractivity contribution in [2.75, 3.05) is 0 Å². The Morgan fingerprint density at radius 3 is 3.00 bits per heavy atom. The van der Waals surface area contributed by atoms with E-state index in [1.807, 2.05) is 0 Å². The monoisotopic (exact) mass is 202 g/mol. The maximum absolute atomic E-state index is 2.41. The predicted octanol–water partition coefficient (Wildman–Crippen LogP) is 4.65. The second-order valence-corrected chi connectivity index (χ2v) is 4.89. The van der Waals surface area contributed by atoms with E-state index in [2.05, 4.69) is 38.2 Å². The molecule has 0 radical (unpaired) electrons. The Kier molecular flexibility index (Phi) is 3.45. The van der Waals surface area contributed by atoms with Crippen molar-refractivity contribution in [2.24, 2.45) is 11.8 Å². The van der Waals surface area contributed by atoms with Gasteiger partial charge in [-0.1, -0.05) is 50.1 Å². The first-order valence-electron chi connectivity index (χ1n) is 6.36. The highest BCUT2D eigenvalue weighted by Gasteiger charge is 2.23. The molecule has 0 heterocycles. The third kappa shape index (κ3) is 2.25. The van der Waals surface area contributed by atoms with E-state index in [4.69, 9.17) is 0 Å². The zero-order chi connectivity index (χ0) is 10.7. The minimum atomic E-state index is 0.817. The van der Waals surface area contributed by atoms with Crippen LogP contribution in [0.2, 0.25) is 0 Å². The molecule has 82 valence electrons. The summed E-state index contributed by atoms with van der Waals surface area (Å²) in [5, 5.41) is 0. The third-order valence-electron chi connectivity index (χ3n) is 3.98. The molecular formula is C15H22. The molecule has 0 saturated carbocycles. The van der Waals surface area contributed by atoms with Crippen LogP contribution < -0.4 is 0 Å². The summed E-state index contributed by atoms with van der Waals surface area (Å²) in [5.74, 6) is 1.66. The lowest BCUT2D eigenvalue weighted by molar-refractivity contribution is 0.390. The van der Waals surface area contributed by atoms with Gasteiger partial charge in [-0.2, -0.15) is 0 Å². The molecule has 0 aromatic heterocycles. The normalized spacial score (nSPS) is 27.5. The molecule has 0 spiro atoms. The van der Waals surface area contributed by atoms with Crippen molar-refractivity contribution >= 4 is 0 Å². The summed E-state index contributed by atoms with van der Waals surface area (Å²) in [6.45, 7) is 4.72. The number of hydrogen-bond acceptors (Lipinski definition) is 0. The molecule has 0 aromatic rings. The van der Waals surface area contributed by atoms with Crippen LogP contribution in [0.1, 0.15) is 46.0 Å². The van der Waals surface area contributed by atoms with Crippen molar-refractivity contribution in [1.29, 1.82) is 0 Å². The zero-order valence-electron chi connectivity index (χ0n) is 10.00. The maximum Gasteiger partial charge on any atom is -0.0130 e. The lowest BCUT2D eigenvalue weighted by Crippen LogP contribution is -2.16. The van der Waals surface area contributed by atoms with Crippen LogP contribution in [-0.4, -0.2) is 0 Å². The summed E-state index contributed by atoms with van der Waals surface area (Å²) >= 11 is 0. The van der Waals surface area contributed by atoms with Gasteiger partial charge in [-0.05, 0) is 43.1 Å². The molecule has 0 nitrogen and oxygen atoms in total. The van der Waals surface area contributed by atoms with Crippen molar-refractivity contribution in [1.82, 2.24) is 0 Å². The van der Waals surface area contributed by atoms with E-state index in [0.29, 0.717) is 0 Å². The van der Waals surface area contributed by atoms with Gasteiger partial charge in [-0.15, -0.1) is 0 Å². The lowest BCUT2D eigenvalue weighted by atomic mass is 9.76. The fourth-order valence-corrected chi connectivity index (χ4v) is 2.80. The van der Waals surface area contributed by atoms with Crippen LogP contribution in [0.25, 0.3) is 0 Å². The Morgan fingerprint density at radius 2 is 2.20 bits per heavy atom. The molecule has 2 unspecified atom stereocenters. The topological polar surface area (TPSA) is 0 Å². The van der Waals surface area contributed by atoms with Crippen LogP contribution in [0.15, 0.2) is 35.5 Å². The van der Waals surface area contributed by atoms with Crippen LogP contribution in [0.4, 0.5) is 0 Å². The average Bonchev–Trinajstić information content (AvgIpc) is 2.52. The van der Waals surface area contributed by atoms with E-state index in [1.54, 1.807) is 11.1 Å². The summed E-state index contributed by atoms with van der Waals surface area (Å²) < 4.78 is 0. The molecule has 2 aliphatic rings. The molecule has 0 fully saturated rings. The van der Waals surface area contributed by atoms with Crippen LogP contribution in [0.5, 0.6) is 0 Å². The van der Waals surface area contributed by atoms with Gasteiger partial charge in [0.05, 0.1) is 0 Å². The average molecular weight is 202 g/mol. The molecule has 0 saturated heterocycles. The fourth-order valence-electron chi connectivity index (χ4n) is 2.80. The smallest absolute Gasteiger partial charge is 0.0130 e. The number of allylic oxidation sites excluding steroid dienone is 6. The highest BCUT2D eigenvalue weighted by atomic mass is 14.3. The van der Waals surface area contributed by atoms with Gasteiger partial charge in [0.2, 0.25) is 0 Å². The van der Waals surface area contributed by atoms with Gasteiger partial charge in [-0.25, -0.2) is 0 Å². The van der Waals surface area contributed by atoms with E-state index >= 15 is 0 Å². The molecule has 0 N–H and O–H groups in total. The Balaban J connectivity index is 2.24.